The fourth-order valence-electron chi connectivity index (χ4n) is 1.75. The molecule has 1 heterocycles. The van der Waals surface area contributed by atoms with E-state index in [-0.39, 0.29) is 10.4 Å². The smallest absolute Gasteiger partial charge is 0.278 e. The van der Waals surface area contributed by atoms with Gasteiger partial charge in [0.15, 0.2) is 11.3 Å². The Labute approximate surface area is 114 Å². The largest absolute Gasteiger partial charge is 0.343 e. The van der Waals surface area contributed by atoms with Gasteiger partial charge in [0, 0.05) is 14.1 Å². The third-order valence-electron chi connectivity index (χ3n) is 2.75. The van der Waals surface area contributed by atoms with Gasteiger partial charge in [-0.1, -0.05) is 18.2 Å². The third kappa shape index (κ3) is 2.18. The number of rotatable bonds is 2. The van der Waals surface area contributed by atoms with Crippen LogP contribution in [0.5, 0.6) is 0 Å². The van der Waals surface area contributed by atoms with Crippen molar-refractivity contribution in [3.8, 4) is 0 Å². The predicted molar refractivity (Wildman–Crippen MR) is 70.1 cm³/mol. The van der Waals surface area contributed by atoms with Crippen LogP contribution in [-0.2, 0) is 17.1 Å². The molecule has 2 rings (SSSR count). The number of nitrogens with zero attached hydrogens (tertiary/aromatic N) is 3. The summed E-state index contributed by atoms with van der Waals surface area (Å²) in [5.41, 5.74) is -1.11. The fourth-order valence-corrected chi connectivity index (χ4v) is 3.04. The van der Waals surface area contributed by atoms with E-state index < -0.39 is 21.5 Å². The molecule has 0 bridgehead atoms. The maximum Gasteiger partial charge on any atom is 0.343 e. The topological polar surface area (TPSA) is 73.4 Å². The lowest BCUT2D eigenvalue weighted by atomic mass is 10.4. The number of benzene rings is 1. The van der Waals surface area contributed by atoms with Crippen molar-refractivity contribution in [3.63, 3.8) is 0 Å². The molecule has 0 aliphatic heterocycles. The molecule has 1 aromatic heterocycles. The van der Waals surface area contributed by atoms with E-state index >= 15 is 0 Å². The van der Waals surface area contributed by atoms with Crippen LogP contribution in [0.1, 0.15) is 0 Å². The molecule has 0 saturated heterocycles. The van der Waals surface area contributed by atoms with E-state index in [4.69, 9.17) is 0 Å². The van der Waals surface area contributed by atoms with Gasteiger partial charge in [-0.3, -0.25) is 9.56 Å². The first-order valence-corrected chi connectivity index (χ1v) is 7.05. The van der Waals surface area contributed by atoms with Gasteiger partial charge in [-0.25, -0.2) is 17.6 Å². The molecule has 6 nitrogen and oxygen atoms in total. The van der Waals surface area contributed by atoms with Gasteiger partial charge in [0.05, 0.1) is 11.1 Å². The van der Waals surface area contributed by atoms with E-state index in [2.05, 4.69) is 4.99 Å². The molecule has 2 aromatic rings. The first-order valence-electron chi connectivity index (χ1n) is 5.61. The van der Waals surface area contributed by atoms with Crippen LogP contribution in [0.25, 0.3) is 0 Å². The van der Waals surface area contributed by atoms with Crippen molar-refractivity contribution in [1.82, 2.24) is 8.54 Å². The van der Waals surface area contributed by atoms with Crippen molar-refractivity contribution in [3.05, 3.63) is 58.3 Å². The van der Waals surface area contributed by atoms with Gasteiger partial charge < -0.3 is 0 Å². The molecule has 0 aliphatic rings. The molecular weight excluding hydrogens is 285 g/mol. The molecule has 0 radical (unpaired) electrons. The van der Waals surface area contributed by atoms with Crippen LogP contribution in [0.3, 0.4) is 0 Å². The molecule has 8 heteroatoms. The Balaban J connectivity index is 2.82. The quantitative estimate of drug-likeness (QED) is 0.789. The lowest BCUT2D eigenvalue weighted by Crippen LogP contribution is -2.42. The van der Waals surface area contributed by atoms with Crippen LogP contribution in [0.2, 0.25) is 0 Å². The first kappa shape index (κ1) is 14.2. The van der Waals surface area contributed by atoms with E-state index in [1.807, 2.05) is 0 Å². The van der Waals surface area contributed by atoms with Crippen molar-refractivity contribution in [2.45, 2.75) is 4.90 Å². The molecule has 0 saturated carbocycles. The second kappa shape index (κ2) is 5.04. The summed E-state index contributed by atoms with van der Waals surface area (Å²) in [5, 5.41) is 0. The maximum absolute atomic E-state index is 13.8. The molecule has 0 N–H and O–H groups in total. The van der Waals surface area contributed by atoms with Crippen LogP contribution in [0.4, 0.5) is 4.39 Å². The highest BCUT2D eigenvalue weighted by molar-refractivity contribution is 7.90. The third-order valence-corrected chi connectivity index (χ3v) is 4.40. The summed E-state index contributed by atoms with van der Waals surface area (Å²) in [4.78, 5) is 15.6. The molecule has 0 fully saturated rings. The molecule has 0 unspecified atom stereocenters. The Bertz CT molecular complexity index is 867. The average molecular weight is 297 g/mol. The summed E-state index contributed by atoms with van der Waals surface area (Å²) in [6.45, 7) is 0. The molecule has 0 spiro atoms. The zero-order valence-electron chi connectivity index (χ0n) is 10.8. The Morgan fingerprint density at radius 2 is 1.80 bits per heavy atom. The Morgan fingerprint density at radius 1 is 1.20 bits per heavy atom. The molecule has 0 amide bonds. The summed E-state index contributed by atoms with van der Waals surface area (Å²) < 4.78 is 39.6. The van der Waals surface area contributed by atoms with Crippen LogP contribution in [0, 0.1) is 5.82 Å². The van der Waals surface area contributed by atoms with Gasteiger partial charge >= 0.3 is 5.69 Å². The van der Waals surface area contributed by atoms with E-state index in [1.54, 1.807) is 6.07 Å². The molecule has 106 valence electrons. The number of aromatic nitrogens is 2. The van der Waals surface area contributed by atoms with Crippen molar-refractivity contribution in [2.24, 2.45) is 12.0 Å². The highest BCUT2D eigenvalue weighted by Crippen LogP contribution is 2.10. The summed E-state index contributed by atoms with van der Waals surface area (Å²) in [5.74, 6) is -0.894. The summed E-state index contributed by atoms with van der Waals surface area (Å²) >= 11 is 0. The second-order valence-electron chi connectivity index (χ2n) is 3.98. The molecule has 0 atom stereocenters. The summed E-state index contributed by atoms with van der Waals surface area (Å²) in [6, 6.07) is 7.34. The van der Waals surface area contributed by atoms with Crippen molar-refractivity contribution in [2.75, 3.05) is 7.05 Å². The minimum absolute atomic E-state index is 0.0947. The molecular formula is C12H12FN3O3S. The van der Waals surface area contributed by atoms with Crippen LogP contribution >= 0.6 is 0 Å². The Kier molecular flexibility index (Phi) is 3.58. The zero-order chi connectivity index (χ0) is 14.9. The van der Waals surface area contributed by atoms with E-state index in [1.165, 1.54) is 38.4 Å². The summed E-state index contributed by atoms with van der Waals surface area (Å²) in [7, 11) is -1.57. The highest BCUT2D eigenvalue weighted by Gasteiger charge is 2.20. The number of hydrogen-bond donors (Lipinski definition) is 0. The van der Waals surface area contributed by atoms with Gasteiger partial charge in [-0.2, -0.15) is 3.97 Å². The molecule has 0 aliphatic carbocycles. The van der Waals surface area contributed by atoms with Gasteiger partial charge in [0.1, 0.15) is 0 Å². The van der Waals surface area contributed by atoms with Gasteiger partial charge in [0.2, 0.25) is 0 Å². The van der Waals surface area contributed by atoms with Crippen molar-refractivity contribution < 1.29 is 12.8 Å². The minimum Gasteiger partial charge on any atom is -0.278 e. The standard InChI is InChI=1S/C12H12FN3O3S/c1-14-11-10(13)8-16(12(17)15(11)2)20(18,19)9-6-4-3-5-7-9/h3-8H,1-2H3/b14-11+. The SMILES string of the molecule is C/N=c1\c(F)cn(S(=O)(=O)c2ccccc2)c(=O)n1C. The van der Waals surface area contributed by atoms with Crippen LogP contribution in [0.15, 0.2) is 51.2 Å². The summed E-state index contributed by atoms with van der Waals surface area (Å²) in [6.07, 6.45) is 0.632. The fraction of sp³-hybridized carbons (Fsp3) is 0.167. The second-order valence-corrected chi connectivity index (χ2v) is 5.79. The van der Waals surface area contributed by atoms with E-state index in [0.717, 1.165) is 4.57 Å². The van der Waals surface area contributed by atoms with E-state index in [0.29, 0.717) is 10.2 Å². The van der Waals surface area contributed by atoms with Crippen LogP contribution in [-0.4, -0.2) is 24.0 Å². The molecule has 20 heavy (non-hydrogen) atoms. The monoisotopic (exact) mass is 297 g/mol. The van der Waals surface area contributed by atoms with Crippen molar-refractivity contribution >= 4 is 10.0 Å². The van der Waals surface area contributed by atoms with Gasteiger partial charge in [-0.15, -0.1) is 0 Å². The average Bonchev–Trinajstić information content (AvgIpc) is 2.44. The normalized spacial score (nSPS) is 12.7. The minimum atomic E-state index is -4.14. The van der Waals surface area contributed by atoms with Gasteiger partial charge in [0.25, 0.3) is 10.0 Å². The highest BCUT2D eigenvalue weighted by atomic mass is 32.2. The number of halogens is 1. The van der Waals surface area contributed by atoms with Crippen LogP contribution < -0.4 is 11.2 Å². The van der Waals surface area contributed by atoms with Gasteiger partial charge in [-0.05, 0) is 12.1 Å². The van der Waals surface area contributed by atoms with Crippen molar-refractivity contribution in [1.29, 1.82) is 0 Å². The lowest BCUT2D eigenvalue weighted by Gasteiger charge is -2.09. The molecule has 1 aromatic carbocycles. The first-order chi connectivity index (χ1) is 9.39. The Hall–Kier alpha value is -2.22. The maximum atomic E-state index is 13.8. The zero-order valence-corrected chi connectivity index (χ0v) is 11.6. The lowest BCUT2D eigenvalue weighted by molar-refractivity contribution is 0.537. The Morgan fingerprint density at radius 3 is 2.35 bits per heavy atom. The predicted octanol–water partition coefficient (Wildman–Crippen LogP) is 0.0934. The number of hydrogen-bond acceptors (Lipinski definition) is 4. The van der Waals surface area contributed by atoms with E-state index in [9.17, 15) is 17.6 Å².